The number of aromatic nitrogens is 5. The van der Waals surface area contributed by atoms with Crippen molar-refractivity contribution >= 4 is 17.2 Å². The van der Waals surface area contributed by atoms with Crippen LogP contribution < -0.4 is 4.90 Å². The van der Waals surface area contributed by atoms with Crippen LogP contribution in [0.1, 0.15) is 26.3 Å². The highest BCUT2D eigenvalue weighted by atomic mass is 16.2. The molecule has 9 heteroatoms. The predicted molar refractivity (Wildman–Crippen MR) is 147 cm³/mol. The van der Waals surface area contributed by atoms with E-state index in [1.54, 1.807) is 16.8 Å². The SMILES string of the molecule is C=CC(C)C(=O)N1CCN(c2ccc(-c3cc(-c4cnn(CC(C)C)c4)cn4ncc(C#N)c34)cn2)CC1. The van der Waals surface area contributed by atoms with Gasteiger partial charge in [-0.2, -0.15) is 15.5 Å². The average molecular weight is 509 g/mol. The van der Waals surface area contributed by atoms with Gasteiger partial charge in [0.2, 0.25) is 5.91 Å². The van der Waals surface area contributed by atoms with Gasteiger partial charge in [-0.05, 0) is 24.1 Å². The fourth-order valence-corrected chi connectivity index (χ4v) is 4.84. The molecule has 0 bridgehead atoms. The zero-order valence-electron chi connectivity index (χ0n) is 22.1. The standard InChI is InChI=1S/C29H32N8O/c1-5-21(4)29(38)35-10-8-34(9-11-35)27-7-6-22(14-31-27)26-12-23(19-37-28(26)24(13-30)15-33-37)25-16-32-36(18-25)17-20(2)3/h5-7,12,14-16,18-21H,1,8-11,17H2,2-4H3. The van der Waals surface area contributed by atoms with E-state index in [4.69, 9.17) is 4.98 Å². The van der Waals surface area contributed by atoms with E-state index in [1.807, 2.05) is 53.4 Å². The molecule has 194 valence electrons. The average Bonchev–Trinajstić information content (AvgIpc) is 3.58. The fourth-order valence-electron chi connectivity index (χ4n) is 4.84. The van der Waals surface area contributed by atoms with Crippen molar-refractivity contribution in [3.05, 3.63) is 67.4 Å². The molecule has 0 spiro atoms. The normalized spacial score (nSPS) is 14.6. The molecule has 0 radical (unpaired) electrons. The fraction of sp³-hybridized carbons (Fsp3) is 0.345. The minimum atomic E-state index is -0.169. The Morgan fingerprint density at radius 3 is 2.50 bits per heavy atom. The van der Waals surface area contributed by atoms with Crippen molar-refractivity contribution in [1.82, 2.24) is 29.3 Å². The Balaban J connectivity index is 1.42. The Morgan fingerprint density at radius 2 is 1.84 bits per heavy atom. The zero-order valence-corrected chi connectivity index (χ0v) is 22.1. The summed E-state index contributed by atoms with van der Waals surface area (Å²) in [7, 11) is 0. The van der Waals surface area contributed by atoms with Gasteiger partial charge in [-0.1, -0.05) is 26.8 Å². The molecule has 4 aromatic rings. The summed E-state index contributed by atoms with van der Waals surface area (Å²) < 4.78 is 3.72. The lowest BCUT2D eigenvalue weighted by atomic mass is 10.0. The van der Waals surface area contributed by atoms with Gasteiger partial charge in [-0.15, -0.1) is 6.58 Å². The van der Waals surface area contributed by atoms with Gasteiger partial charge < -0.3 is 9.80 Å². The van der Waals surface area contributed by atoms with Crippen molar-refractivity contribution in [2.45, 2.75) is 27.3 Å². The third-order valence-electron chi connectivity index (χ3n) is 6.97. The second kappa shape index (κ2) is 10.5. The molecule has 0 aromatic carbocycles. The Kier molecular flexibility index (Phi) is 6.97. The summed E-state index contributed by atoms with van der Waals surface area (Å²) >= 11 is 0. The molecule has 1 aliphatic heterocycles. The Hall–Kier alpha value is -4.45. The van der Waals surface area contributed by atoms with Crippen LogP contribution in [0.25, 0.3) is 27.8 Å². The molecule has 9 nitrogen and oxygen atoms in total. The third kappa shape index (κ3) is 4.90. The molecule has 0 N–H and O–H groups in total. The number of fused-ring (bicyclic) bond motifs is 1. The number of carbonyl (C=O) groups excluding carboxylic acids is 1. The van der Waals surface area contributed by atoms with Crippen LogP contribution in [-0.4, -0.2) is 61.4 Å². The predicted octanol–water partition coefficient (Wildman–Crippen LogP) is 4.26. The van der Waals surface area contributed by atoms with Crippen LogP contribution >= 0.6 is 0 Å². The Morgan fingerprint density at radius 1 is 1.05 bits per heavy atom. The highest BCUT2D eigenvalue weighted by Crippen LogP contribution is 2.32. The first-order valence-electron chi connectivity index (χ1n) is 12.9. The molecule has 1 atom stereocenters. The monoisotopic (exact) mass is 508 g/mol. The topological polar surface area (TPSA) is 95.4 Å². The van der Waals surface area contributed by atoms with Gasteiger partial charge in [0.15, 0.2) is 0 Å². The molecule has 1 saturated heterocycles. The van der Waals surface area contributed by atoms with E-state index in [-0.39, 0.29) is 11.8 Å². The highest BCUT2D eigenvalue weighted by Gasteiger charge is 2.24. The Bertz CT molecular complexity index is 1500. The Labute approximate surface area is 222 Å². The maximum Gasteiger partial charge on any atom is 0.229 e. The number of pyridine rings is 2. The van der Waals surface area contributed by atoms with E-state index in [9.17, 15) is 10.1 Å². The third-order valence-corrected chi connectivity index (χ3v) is 6.97. The van der Waals surface area contributed by atoms with E-state index in [1.165, 1.54) is 0 Å². The maximum absolute atomic E-state index is 12.5. The second-order valence-electron chi connectivity index (χ2n) is 10.2. The van der Waals surface area contributed by atoms with Gasteiger partial charge in [0.05, 0.1) is 29.4 Å². The molecule has 38 heavy (non-hydrogen) atoms. The largest absolute Gasteiger partial charge is 0.353 e. The minimum absolute atomic E-state index is 0.121. The summed E-state index contributed by atoms with van der Waals surface area (Å²) in [5, 5.41) is 18.7. The number of hydrogen-bond donors (Lipinski definition) is 0. The number of nitrogens with zero attached hydrogens (tertiary/aromatic N) is 8. The lowest BCUT2D eigenvalue weighted by Crippen LogP contribution is -2.50. The van der Waals surface area contributed by atoms with E-state index < -0.39 is 0 Å². The first-order valence-corrected chi connectivity index (χ1v) is 12.9. The van der Waals surface area contributed by atoms with Gasteiger partial charge in [0.1, 0.15) is 11.9 Å². The van der Waals surface area contributed by atoms with Crippen LogP contribution in [0.3, 0.4) is 0 Å². The molecular weight excluding hydrogens is 476 g/mol. The lowest BCUT2D eigenvalue weighted by molar-refractivity contribution is -0.133. The van der Waals surface area contributed by atoms with E-state index in [0.717, 1.165) is 53.2 Å². The number of nitriles is 1. The summed E-state index contributed by atoms with van der Waals surface area (Å²) in [6.07, 6.45) is 11.0. The lowest BCUT2D eigenvalue weighted by Gasteiger charge is -2.36. The van der Waals surface area contributed by atoms with Crippen molar-refractivity contribution in [2.75, 3.05) is 31.1 Å². The van der Waals surface area contributed by atoms with Crippen molar-refractivity contribution < 1.29 is 4.79 Å². The number of amides is 1. The van der Waals surface area contributed by atoms with Gasteiger partial charge in [-0.25, -0.2) is 9.50 Å². The van der Waals surface area contributed by atoms with Crippen molar-refractivity contribution in [3.63, 3.8) is 0 Å². The smallest absolute Gasteiger partial charge is 0.229 e. The van der Waals surface area contributed by atoms with E-state index in [2.05, 4.69) is 47.7 Å². The van der Waals surface area contributed by atoms with Crippen LogP contribution in [0.15, 0.2) is 61.8 Å². The molecule has 0 saturated carbocycles. The number of carbonyl (C=O) groups is 1. The van der Waals surface area contributed by atoms with Crippen LogP contribution in [-0.2, 0) is 11.3 Å². The first kappa shape index (κ1) is 25.2. The van der Waals surface area contributed by atoms with E-state index in [0.29, 0.717) is 24.6 Å². The molecule has 1 fully saturated rings. The summed E-state index contributed by atoms with van der Waals surface area (Å²) in [5.74, 6) is 1.32. The number of hydrogen-bond acceptors (Lipinski definition) is 6. The van der Waals surface area contributed by atoms with Crippen molar-refractivity contribution in [1.29, 1.82) is 5.26 Å². The van der Waals surface area contributed by atoms with Gasteiger partial charge in [0.25, 0.3) is 0 Å². The highest BCUT2D eigenvalue weighted by molar-refractivity contribution is 5.87. The molecule has 1 aliphatic rings. The molecule has 1 unspecified atom stereocenters. The summed E-state index contributed by atoms with van der Waals surface area (Å²) in [6, 6.07) is 8.39. The summed E-state index contributed by atoms with van der Waals surface area (Å²) in [4.78, 5) is 21.3. The summed E-state index contributed by atoms with van der Waals surface area (Å²) in [6.45, 7) is 13.6. The number of piperazine rings is 1. The molecule has 1 amide bonds. The van der Waals surface area contributed by atoms with Crippen molar-refractivity contribution in [3.8, 4) is 28.3 Å². The first-order chi connectivity index (χ1) is 18.4. The summed E-state index contributed by atoms with van der Waals surface area (Å²) in [5.41, 5.74) is 5.02. The van der Waals surface area contributed by atoms with Crippen molar-refractivity contribution in [2.24, 2.45) is 11.8 Å². The molecule has 5 heterocycles. The molecule has 5 rings (SSSR count). The number of anilines is 1. The van der Waals surface area contributed by atoms with E-state index >= 15 is 0 Å². The van der Waals surface area contributed by atoms with Crippen LogP contribution in [0.4, 0.5) is 5.82 Å². The zero-order chi connectivity index (χ0) is 26.8. The van der Waals surface area contributed by atoms with Gasteiger partial charge in [-0.3, -0.25) is 9.48 Å². The van der Waals surface area contributed by atoms with Crippen LogP contribution in [0.5, 0.6) is 0 Å². The maximum atomic E-state index is 12.5. The minimum Gasteiger partial charge on any atom is -0.353 e. The van der Waals surface area contributed by atoms with Crippen LogP contribution in [0, 0.1) is 23.2 Å². The number of rotatable bonds is 7. The molecular formula is C29H32N8O. The molecule has 0 aliphatic carbocycles. The quantitative estimate of drug-likeness (QED) is 0.346. The van der Waals surface area contributed by atoms with Gasteiger partial charge in [0, 0.05) is 73.6 Å². The molecule has 4 aromatic heterocycles. The second-order valence-corrected chi connectivity index (χ2v) is 10.2. The van der Waals surface area contributed by atoms with Crippen LogP contribution in [0.2, 0.25) is 0 Å². The van der Waals surface area contributed by atoms with Gasteiger partial charge >= 0.3 is 0 Å².